The van der Waals surface area contributed by atoms with Crippen LogP contribution in [0.4, 0.5) is 18.9 Å². The molecule has 0 spiro atoms. The summed E-state index contributed by atoms with van der Waals surface area (Å²) in [5.74, 6) is -0.620. The number of halogens is 3. The first-order valence-corrected chi connectivity index (χ1v) is 9.46. The third kappa shape index (κ3) is 5.74. The van der Waals surface area contributed by atoms with Crippen molar-refractivity contribution in [1.29, 1.82) is 0 Å². The van der Waals surface area contributed by atoms with Crippen molar-refractivity contribution >= 4 is 23.4 Å². The summed E-state index contributed by atoms with van der Waals surface area (Å²) in [4.78, 5) is 12.2. The molecule has 0 aliphatic heterocycles. The second-order valence-electron chi connectivity index (χ2n) is 6.16. The highest BCUT2D eigenvalue weighted by Gasteiger charge is 2.30. The lowest BCUT2D eigenvalue weighted by atomic mass is 10.1. The predicted molar refractivity (Wildman–Crippen MR) is 103 cm³/mol. The fraction of sp³-hybridized carbons (Fsp3) is 0.211. The molecule has 10 heteroatoms. The third-order valence-electron chi connectivity index (χ3n) is 3.99. The summed E-state index contributed by atoms with van der Waals surface area (Å²) in [6.07, 6.45) is -3.18. The Morgan fingerprint density at radius 1 is 1.14 bits per heavy atom. The molecule has 0 unspecified atom stereocenters. The normalized spacial score (nSPS) is 11.3. The minimum absolute atomic E-state index is 0.0599. The number of nitrogens with zero attached hydrogens (tertiary/aromatic N) is 3. The van der Waals surface area contributed by atoms with Crippen molar-refractivity contribution in [3.8, 4) is 11.4 Å². The SMILES string of the molecule is Cc1ccc(-n2cnnc2SCC(=O)Nc2ccc(OC(F)(F)F)cc2)cc1C. The summed E-state index contributed by atoms with van der Waals surface area (Å²) < 4.78 is 42.1. The van der Waals surface area contributed by atoms with Gasteiger partial charge in [0, 0.05) is 11.4 Å². The zero-order chi connectivity index (χ0) is 21.0. The van der Waals surface area contributed by atoms with E-state index in [9.17, 15) is 18.0 Å². The van der Waals surface area contributed by atoms with E-state index in [1.165, 1.54) is 29.5 Å². The summed E-state index contributed by atoms with van der Waals surface area (Å²) in [5.41, 5.74) is 3.55. The Labute approximate surface area is 169 Å². The molecule has 0 fully saturated rings. The Morgan fingerprint density at radius 2 is 1.86 bits per heavy atom. The van der Waals surface area contributed by atoms with Crippen molar-refractivity contribution in [3.05, 3.63) is 59.9 Å². The number of hydrogen-bond donors (Lipinski definition) is 1. The van der Waals surface area contributed by atoms with Crippen LogP contribution in [-0.4, -0.2) is 32.8 Å². The highest BCUT2D eigenvalue weighted by atomic mass is 32.2. The maximum atomic E-state index is 12.2. The topological polar surface area (TPSA) is 69.0 Å². The van der Waals surface area contributed by atoms with Gasteiger partial charge in [-0.2, -0.15) is 0 Å². The van der Waals surface area contributed by atoms with E-state index in [0.717, 1.165) is 23.4 Å². The van der Waals surface area contributed by atoms with E-state index >= 15 is 0 Å². The van der Waals surface area contributed by atoms with Crippen LogP contribution in [-0.2, 0) is 4.79 Å². The molecule has 1 heterocycles. The van der Waals surface area contributed by atoms with Gasteiger partial charge in [-0.05, 0) is 61.4 Å². The van der Waals surface area contributed by atoms with E-state index in [-0.39, 0.29) is 17.4 Å². The number of aryl methyl sites for hydroxylation is 2. The first-order chi connectivity index (χ1) is 13.7. The molecule has 0 aliphatic carbocycles. The second-order valence-corrected chi connectivity index (χ2v) is 7.10. The maximum absolute atomic E-state index is 12.2. The third-order valence-corrected chi connectivity index (χ3v) is 4.93. The number of benzene rings is 2. The van der Waals surface area contributed by atoms with Crippen LogP contribution in [0.5, 0.6) is 5.75 Å². The molecule has 1 amide bonds. The minimum Gasteiger partial charge on any atom is -0.406 e. The molecule has 1 aromatic heterocycles. The Hall–Kier alpha value is -3.01. The Kier molecular flexibility index (Phi) is 6.12. The van der Waals surface area contributed by atoms with Crippen molar-refractivity contribution in [2.75, 3.05) is 11.1 Å². The Bertz CT molecular complexity index is 1000. The molecule has 2 aromatic carbocycles. The molecule has 0 bridgehead atoms. The van der Waals surface area contributed by atoms with Crippen LogP contribution in [0.2, 0.25) is 0 Å². The largest absolute Gasteiger partial charge is 0.573 e. The van der Waals surface area contributed by atoms with Crippen LogP contribution in [0.25, 0.3) is 5.69 Å². The zero-order valence-corrected chi connectivity index (χ0v) is 16.3. The lowest BCUT2D eigenvalue weighted by Crippen LogP contribution is -2.17. The van der Waals surface area contributed by atoms with Crippen molar-refractivity contribution in [1.82, 2.24) is 14.8 Å². The number of thioether (sulfide) groups is 1. The van der Waals surface area contributed by atoms with E-state index in [2.05, 4.69) is 20.3 Å². The molecule has 3 rings (SSSR count). The monoisotopic (exact) mass is 422 g/mol. The van der Waals surface area contributed by atoms with Gasteiger partial charge in [-0.3, -0.25) is 9.36 Å². The Balaban J connectivity index is 1.59. The van der Waals surface area contributed by atoms with Gasteiger partial charge in [0.25, 0.3) is 0 Å². The van der Waals surface area contributed by atoms with E-state index in [1.807, 2.05) is 32.0 Å². The molecule has 0 atom stereocenters. The van der Waals surface area contributed by atoms with Gasteiger partial charge in [0.05, 0.1) is 5.75 Å². The first-order valence-electron chi connectivity index (χ1n) is 8.47. The van der Waals surface area contributed by atoms with Gasteiger partial charge < -0.3 is 10.1 Å². The minimum atomic E-state index is -4.76. The average Bonchev–Trinajstić information content (AvgIpc) is 3.11. The van der Waals surface area contributed by atoms with E-state index in [1.54, 1.807) is 10.9 Å². The highest BCUT2D eigenvalue weighted by molar-refractivity contribution is 7.99. The summed E-state index contributed by atoms with van der Waals surface area (Å²) >= 11 is 1.20. The molecule has 1 N–H and O–H groups in total. The molecule has 0 aliphatic rings. The second kappa shape index (κ2) is 8.56. The molecule has 0 radical (unpaired) electrons. The number of hydrogen-bond acceptors (Lipinski definition) is 5. The molecule has 3 aromatic rings. The number of nitrogens with one attached hydrogen (secondary N) is 1. The molecular weight excluding hydrogens is 405 g/mol. The average molecular weight is 422 g/mol. The van der Waals surface area contributed by atoms with Gasteiger partial charge in [0.1, 0.15) is 12.1 Å². The Morgan fingerprint density at radius 3 is 2.52 bits per heavy atom. The van der Waals surface area contributed by atoms with Crippen molar-refractivity contribution in [3.63, 3.8) is 0 Å². The number of carbonyl (C=O) groups is 1. The van der Waals surface area contributed by atoms with Crippen LogP contribution < -0.4 is 10.1 Å². The smallest absolute Gasteiger partial charge is 0.406 e. The van der Waals surface area contributed by atoms with Gasteiger partial charge in [0.15, 0.2) is 5.16 Å². The molecule has 29 heavy (non-hydrogen) atoms. The summed E-state index contributed by atoms with van der Waals surface area (Å²) in [5, 5.41) is 11.1. The van der Waals surface area contributed by atoms with Gasteiger partial charge in [-0.25, -0.2) is 0 Å². The number of amides is 1. The maximum Gasteiger partial charge on any atom is 0.573 e. The van der Waals surface area contributed by atoms with Crippen molar-refractivity contribution < 1.29 is 22.7 Å². The number of carbonyl (C=O) groups excluding carboxylic acids is 1. The molecule has 152 valence electrons. The number of rotatable bonds is 6. The number of aromatic nitrogens is 3. The number of anilines is 1. The van der Waals surface area contributed by atoms with Crippen LogP contribution in [0, 0.1) is 13.8 Å². The fourth-order valence-electron chi connectivity index (χ4n) is 2.44. The van der Waals surface area contributed by atoms with E-state index in [0.29, 0.717) is 10.8 Å². The molecule has 0 saturated heterocycles. The molecule has 0 saturated carbocycles. The summed E-state index contributed by atoms with van der Waals surface area (Å²) in [6.45, 7) is 4.03. The summed E-state index contributed by atoms with van der Waals surface area (Å²) in [7, 11) is 0. The van der Waals surface area contributed by atoms with Gasteiger partial charge in [-0.15, -0.1) is 23.4 Å². The van der Waals surface area contributed by atoms with Crippen LogP contribution in [0.15, 0.2) is 53.9 Å². The predicted octanol–water partition coefficient (Wildman–Crippen LogP) is 4.51. The van der Waals surface area contributed by atoms with Crippen LogP contribution in [0.1, 0.15) is 11.1 Å². The lowest BCUT2D eigenvalue weighted by molar-refractivity contribution is -0.274. The fourth-order valence-corrected chi connectivity index (χ4v) is 3.17. The van der Waals surface area contributed by atoms with E-state index < -0.39 is 6.36 Å². The van der Waals surface area contributed by atoms with Crippen molar-refractivity contribution in [2.24, 2.45) is 0 Å². The van der Waals surface area contributed by atoms with Gasteiger partial charge >= 0.3 is 6.36 Å². The zero-order valence-electron chi connectivity index (χ0n) is 15.5. The lowest BCUT2D eigenvalue weighted by Gasteiger charge is -2.10. The summed E-state index contributed by atoms with van der Waals surface area (Å²) in [6, 6.07) is 10.9. The number of ether oxygens (including phenoxy) is 1. The van der Waals surface area contributed by atoms with Crippen molar-refractivity contribution in [2.45, 2.75) is 25.4 Å². The van der Waals surface area contributed by atoms with Gasteiger partial charge in [-0.1, -0.05) is 17.8 Å². The van der Waals surface area contributed by atoms with Crippen LogP contribution >= 0.6 is 11.8 Å². The van der Waals surface area contributed by atoms with Gasteiger partial charge in [0.2, 0.25) is 5.91 Å². The molecular formula is C19H17F3N4O2S. The van der Waals surface area contributed by atoms with E-state index in [4.69, 9.17) is 0 Å². The standard InChI is InChI=1S/C19H17F3N4O2S/c1-12-3-6-15(9-13(12)2)26-11-23-25-18(26)29-10-17(27)24-14-4-7-16(8-5-14)28-19(20,21)22/h3-9,11H,10H2,1-2H3,(H,24,27). The van der Waals surface area contributed by atoms with Crippen LogP contribution in [0.3, 0.4) is 0 Å². The first kappa shape index (κ1) is 20.7. The molecule has 6 nitrogen and oxygen atoms in total. The highest BCUT2D eigenvalue weighted by Crippen LogP contribution is 2.25. The number of alkyl halides is 3. The quantitative estimate of drug-likeness (QED) is 0.592.